The van der Waals surface area contributed by atoms with Crippen molar-refractivity contribution < 1.29 is 0 Å². The molecule has 0 radical (unpaired) electrons. The van der Waals surface area contributed by atoms with Crippen LogP contribution in [-0.2, 0) is 0 Å². The highest BCUT2D eigenvalue weighted by atomic mass is 32.2. The Labute approximate surface area is 100 Å². The van der Waals surface area contributed by atoms with Crippen LogP contribution in [0.15, 0.2) is 18.3 Å². The first-order valence-corrected chi connectivity index (χ1v) is 6.65. The summed E-state index contributed by atoms with van der Waals surface area (Å²) in [5.41, 5.74) is 1.47. The molecule has 0 bridgehead atoms. The summed E-state index contributed by atoms with van der Waals surface area (Å²) in [6.07, 6.45) is 5.68. The van der Waals surface area contributed by atoms with Crippen LogP contribution in [0.4, 0.5) is 5.69 Å². The molecule has 0 spiro atoms. The van der Waals surface area contributed by atoms with E-state index in [0.29, 0.717) is 10.9 Å². The summed E-state index contributed by atoms with van der Waals surface area (Å²) in [7, 11) is 0. The second-order valence-corrected chi connectivity index (χ2v) is 5.32. The van der Waals surface area contributed by atoms with E-state index < -0.39 is 0 Å². The van der Waals surface area contributed by atoms with Gasteiger partial charge < -0.3 is 5.32 Å². The largest absolute Gasteiger partial charge is 0.384 e. The first-order chi connectivity index (χ1) is 7.88. The Morgan fingerprint density at radius 3 is 3.25 bits per heavy atom. The van der Waals surface area contributed by atoms with Crippen LogP contribution in [-0.4, -0.2) is 22.5 Å². The van der Waals surface area contributed by atoms with E-state index in [2.05, 4.69) is 10.3 Å². The second-order valence-electron chi connectivity index (χ2n) is 3.91. The molecule has 0 aromatic carbocycles. The molecule has 1 saturated heterocycles. The number of nitrogens with zero attached hydrogens (tertiary/aromatic N) is 2. The van der Waals surface area contributed by atoms with Crippen LogP contribution in [0, 0.1) is 11.3 Å². The maximum atomic E-state index is 8.73. The lowest BCUT2D eigenvalue weighted by Gasteiger charge is -2.21. The van der Waals surface area contributed by atoms with E-state index in [1.807, 2.05) is 23.9 Å². The van der Waals surface area contributed by atoms with Gasteiger partial charge in [-0.3, -0.25) is 0 Å². The van der Waals surface area contributed by atoms with Crippen LogP contribution in [0.5, 0.6) is 0 Å². The Kier molecular flexibility index (Phi) is 4.06. The van der Waals surface area contributed by atoms with Crippen molar-refractivity contribution in [3.63, 3.8) is 0 Å². The third-order valence-corrected chi connectivity index (χ3v) is 4.08. The first kappa shape index (κ1) is 11.3. The number of hydrogen-bond donors (Lipinski definition) is 1. The molecular formula is C12H15N3S. The van der Waals surface area contributed by atoms with Gasteiger partial charge in [0.2, 0.25) is 0 Å². The van der Waals surface area contributed by atoms with Gasteiger partial charge in [0.05, 0.1) is 0 Å². The van der Waals surface area contributed by atoms with Gasteiger partial charge in [0.25, 0.3) is 0 Å². The zero-order valence-electron chi connectivity index (χ0n) is 9.15. The summed E-state index contributed by atoms with van der Waals surface area (Å²) in [5, 5.41) is 12.8. The van der Waals surface area contributed by atoms with E-state index in [1.165, 1.54) is 25.0 Å². The summed E-state index contributed by atoms with van der Waals surface area (Å²) in [6, 6.07) is 5.76. The molecule has 0 amide bonds. The Morgan fingerprint density at radius 1 is 1.56 bits per heavy atom. The second kappa shape index (κ2) is 5.76. The Balaban J connectivity index is 1.86. The molecule has 2 rings (SSSR count). The van der Waals surface area contributed by atoms with E-state index in [-0.39, 0.29) is 0 Å². The fourth-order valence-corrected chi connectivity index (χ4v) is 3.04. The minimum atomic E-state index is 0.473. The number of rotatable bonds is 3. The van der Waals surface area contributed by atoms with Crippen molar-refractivity contribution in [2.24, 2.45) is 0 Å². The van der Waals surface area contributed by atoms with E-state index in [1.54, 1.807) is 12.3 Å². The van der Waals surface area contributed by atoms with Crippen LogP contribution in [0.2, 0.25) is 0 Å². The van der Waals surface area contributed by atoms with Gasteiger partial charge in [0, 0.05) is 23.7 Å². The Morgan fingerprint density at radius 2 is 2.50 bits per heavy atom. The van der Waals surface area contributed by atoms with Crippen molar-refractivity contribution in [3.8, 4) is 6.07 Å². The lowest BCUT2D eigenvalue weighted by molar-refractivity contribution is 0.677. The molecule has 1 aliphatic rings. The fourth-order valence-electron chi connectivity index (χ4n) is 1.80. The van der Waals surface area contributed by atoms with Gasteiger partial charge in [-0.2, -0.15) is 17.0 Å². The SMILES string of the molecule is N#Cc1cc(NCC2CCCCS2)ccn1. The average molecular weight is 233 g/mol. The maximum absolute atomic E-state index is 8.73. The van der Waals surface area contributed by atoms with Crippen LogP contribution >= 0.6 is 11.8 Å². The van der Waals surface area contributed by atoms with E-state index in [4.69, 9.17) is 5.26 Å². The summed E-state index contributed by atoms with van der Waals surface area (Å²) in [4.78, 5) is 3.95. The first-order valence-electron chi connectivity index (χ1n) is 5.60. The molecule has 1 aromatic heterocycles. The molecule has 1 N–H and O–H groups in total. The molecule has 0 aliphatic carbocycles. The van der Waals surface area contributed by atoms with Gasteiger partial charge in [0.15, 0.2) is 0 Å². The molecule has 4 heteroatoms. The van der Waals surface area contributed by atoms with Gasteiger partial charge in [0.1, 0.15) is 11.8 Å². The third kappa shape index (κ3) is 3.14. The van der Waals surface area contributed by atoms with Crippen molar-refractivity contribution in [1.82, 2.24) is 4.98 Å². The standard InChI is InChI=1S/C12H15N3S/c13-8-11-7-10(4-5-14-11)15-9-12-3-1-2-6-16-12/h4-5,7,12H,1-3,6,9H2,(H,14,15). The van der Waals surface area contributed by atoms with Gasteiger partial charge in [-0.1, -0.05) is 6.42 Å². The molecule has 0 saturated carbocycles. The number of hydrogen-bond acceptors (Lipinski definition) is 4. The summed E-state index contributed by atoms with van der Waals surface area (Å²) in [5.74, 6) is 1.28. The summed E-state index contributed by atoms with van der Waals surface area (Å²) >= 11 is 2.05. The highest BCUT2D eigenvalue weighted by Crippen LogP contribution is 2.25. The van der Waals surface area contributed by atoms with Crippen LogP contribution in [0.3, 0.4) is 0 Å². The maximum Gasteiger partial charge on any atom is 0.142 e. The molecule has 3 nitrogen and oxygen atoms in total. The minimum absolute atomic E-state index is 0.473. The van der Waals surface area contributed by atoms with E-state index in [9.17, 15) is 0 Å². The number of nitriles is 1. The number of thioether (sulfide) groups is 1. The molecule has 16 heavy (non-hydrogen) atoms. The van der Waals surface area contributed by atoms with Crippen LogP contribution in [0.1, 0.15) is 25.0 Å². The van der Waals surface area contributed by atoms with E-state index >= 15 is 0 Å². The summed E-state index contributed by atoms with van der Waals surface area (Å²) in [6.45, 7) is 0.986. The molecule has 1 fully saturated rings. The smallest absolute Gasteiger partial charge is 0.142 e. The summed E-state index contributed by atoms with van der Waals surface area (Å²) < 4.78 is 0. The monoisotopic (exact) mass is 233 g/mol. The van der Waals surface area contributed by atoms with Gasteiger partial charge in [-0.25, -0.2) is 4.98 Å². The van der Waals surface area contributed by atoms with Crippen molar-refractivity contribution in [2.75, 3.05) is 17.6 Å². The Bertz CT molecular complexity index is 380. The van der Waals surface area contributed by atoms with Crippen LogP contribution < -0.4 is 5.32 Å². The van der Waals surface area contributed by atoms with Gasteiger partial charge in [-0.15, -0.1) is 0 Å². The predicted molar refractivity (Wildman–Crippen MR) is 67.5 cm³/mol. The lowest BCUT2D eigenvalue weighted by atomic mass is 10.2. The molecular weight excluding hydrogens is 218 g/mol. The molecule has 84 valence electrons. The lowest BCUT2D eigenvalue weighted by Crippen LogP contribution is -2.20. The third-order valence-electron chi connectivity index (χ3n) is 2.68. The Hall–Kier alpha value is -1.21. The molecule has 2 heterocycles. The zero-order chi connectivity index (χ0) is 11.2. The number of anilines is 1. The average Bonchev–Trinajstić information content (AvgIpc) is 2.38. The normalized spacial score (nSPS) is 20.1. The van der Waals surface area contributed by atoms with Crippen LogP contribution in [0.25, 0.3) is 0 Å². The molecule has 1 atom stereocenters. The topological polar surface area (TPSA) is 48.7 Å². The number of pyridine rings is 1. The number of aromatic nitrogens is 1. The highest BCUT2D eigenvalue weighted by Gasteiger charge is 2.13. The van der Waals surface area contributed by atoms with Crippen molar-refractivity contribution in [3.05, 3.63) is 24.0 Å². The van der Waals surface area contributed by atoms with Gasteiger partial charge >= 0.3 is 0 Å². The number of nitrogens with one attached hydrogen (secondary N) is 1. The van der Waals surface area contributed by atoms with Crippen molar-refractivity contribution in [1.29, 1.82) is 5.26 Å². The molecule has 1 unspecified atom stereocenters. The highest BCUT2D eigenvalue weighted by molar-refractivity contribution is 7.99. The zero-order valence-corrected chi connectivity index (χ0v) is 9.96. The molecule has 1 aliphatic heterocycles. The predicted octanol–water partition coefficient (Wildman–Crippen LogP) is 2.65. The quantitative estimate of drug-likeness (QED) is 0.872. The van der Waals surface area contributed by atoms with Crippen molar-refractivity contribution in [2.45, 2.75) is 24.5 Å². The van der Waals surface area contributed by atoms with E-state index in [0.717, 1.165) is 12.2 Å². The minimum Gasteiger partial charge on any atom is -0.384 e. The van der Waals surface area contributed by atoms with Crippen molar-refractivity contribution >= 4 is 17.4 Å². The molecule has 1 aromatic rings. The van der Waals surface area contributed by atoms with Gasteiger partial charge in [-0.05, 0) is 30.7 Å². The fraction of sp³-hybridized carbons (Fsp3) is 0.500.